The first-order chi connectivity index (χ1) is 10.6. The number of rotatable bonds is 7. The average Bonchev–Trinajstić information content (AvgIpc) is 2.96. The van der Waals surface area contributed by atoms with E-state index in [2.05, 4.69) is 15.5 Å². The summed E-state index contributed by atoms with van der Waals surface area (Å²) >= 11 is 1.12. The molecule has 1 atom stereocenters. The van der Waals surface area contributed by atoms with E-state index >= 15 is 0 Å². The second-order valence-corrected chi connectivity index (χ2v) is 5.69. The third kappa shape index (κ3) is 4.28. The van der Waals surface area contributed by atoms with Gasteiger partial charge in [0.25, 0.3) is 11.1 Å². The lowest BCUT2D eigenvalue weighted by atomic mass is 10.2. The molecule has 0 saturated heterocycles. The van der Waals surface area contributed by atoms with E-state index in [1.165, 1.54) is 6.07 Å². The largest absolute Gasteiger partial charge is 0.411 e. The number of nitrogens with zero attached hydrogens (tertiary/aromatic N) is 2. The van der Waals surface area contributed by atoms with Crippen LogP contribution >= 0.6 is 11.8 Å². The number of aromatic nitrogens is 2. The Balaban J connectivity index is 1.97. The first-order valence-corrected chi connectivity index (χ1v) is 7.51. The number of methoxy groups -OCH3 is 1. The Labute approximate surface area is 131 Å². The van der Waals surface area contributed by atoms with E-state index in [-0.39, 0.29) is 22.6 Å². The smallest absolute Gasteiger partial charge is 0.277 e. The minimum Gasteiger partial charge on any atom is -0.411 e. The molecule has 0 radical (unpaired) electrons. The lowest BCUT2D eigenvalue weighted by molar-refractivity contribution is -0.120. The van der Waals surface area contributed by atoms with Crippen LogP contribution < -0.4 is 5.32 Å². The Morgan fingerprint density at radius 3 is 2.95 bits per heavy atom. The van der Waals surface area contributed by atoms with E-state index in [0.29, 0.717) is 13.2 Å². The van der Waals surface area contributed by atoms with Gasteiger partial charge in [0, 0.05) is 13.7 Å². The van der Waals surface area contributed by atoms with Gasteiger partial charge in [-0.1, -0.05) is 23.9 Å². The Kier molecular flexibility index (Phi) is 5.91. The first kappa shape index (κ1) is 16.4. The molecule has 1 N–H and O–H groups in total. The number of amides is 1. The number of nitrogens with one attached hydrogen (secondary N) is 1. The molecule has 2 aromatic rings. The number of ether oxygens (including phenoxy) is 1. The van der Waals surface area contributed by atoms with E-state index in [1.54, 1.807) is 32.2 Å². The maximum Gasteiger partial charge on any atom is 0.277 e. The number of hydrogen-bond donors (Lipinski definition) is 1. The third-order valence-corrected chi connectivity index (χ3v) is 3.70. The second kappa shape index (κ2) is 7.90. The van der Waals surface area contributed by atoms with Crippen molar-refractivity contribution in [2.45, 2.75) is 17.4 Å². The number of carbonyl (C=O) groups is 1. The van der Waals surface area contributed by atoms with E-state index in [0.717, 1.165) is 11.8 Å². The summed E-state index contributed by atoms with van der Waals surface area (Å²) < 4.78 is 23.9. The van der Waals surface area contributed by atoms with Crippen LogP contribution in [-0.2, 0) is 9.53 Å². The van der Waals surface area contributed by atoms with E-state index in [4.69, 9.17) is 9.15 Å². The van der Waals surface area contributed by atoms with Gasteiger partial charge in [0.1, 0.15) is 5.82 Å². The highest BCUT2D eigenvalue weighted by molar-refractivity contribution is 8.00. The molecule has 0 aliphatic carbocycles. The third-order valence-electron chi connectivity index (χ3n) is 2.76. The lowest BCUT2D eigenvalue weighted by Gasteiger charge is -2.08. The van der Waals surface area contributed by atoms with Crippen LogP contribution in [0.1, 0.15) is 6.92 Å². The van der Waals surface area contributed by atoms with E-state index in [1.807, 2.05) is 0 Å². The van der Waals surface area contributed by atoms with Crippen molar-refractivity contribution in [2.24, 2.45) is 0 Å². The maximum atomic E-state index is 13.6. The second-order valence-electron chi connectivity index (χ2n) is 4.40. The molecule has 0 fully saturated rings. The van der Waals surface area contributed by atoms with Crippen LogP contribution in [0, 0.1) is 5.82 Å². The van der Waals surface area contributed by atoms with Crippen molar-refractivity contribution in [1.82, 2.24) is 15.5 Å². The summed E-state index contributed by atoms with van der Waals surface area (Å²) in [7, 11) is 1.56. The summed E-state index contributed by atoms with van der Waals surface area (Å²) in [4.78, 5) is 11.8. The Morgan fingerprint density at radius 1 is 1.45 bits per heavy atom. The molecule has 0 aliphatic rings. The summed E-state index contributed by atoms with van der Waals surface area (Å²) in [5.74, 6) is -0.506. The molecule has 0 saturated carbocycles. The van der Waals surface area contributed by atoms with Crippen LogP contribution in [0.5, 0.6) is 0 Å². The monoisotopic (exact) mass is 325 g/mol. The van der Waals surface area contributed by atoms with E-state index in [9.17, 15) is 9.18 Å². The highest BCUT2D eigenvalue weighted by Gasteiger charge is 2.19. The predicted octanol–water partition coefficient (Wildman–Crippen LogP) is 2.12. The van der Waals surface area contributed by atoms with Crippen LogP contribution in [0.2, 0.25) is 0 Å². The van der Waals surface area contributed by atoms with E-state index < -0.39 is 11.1 Å². The SMILES string of the molecule is COCCNC(=O)[C@H](C)Sc1nnc(-c2ccccc2F)o1. The molecule has 8 heteroatoms. The molecule has 0 spiro atoms. The van der Waals surface area contributed by atoms with Gasteiger partial charge in [-0.15, -0.1) is 10.2 Å². The molecular formula is C14H16FN3O3S. The molecule has 0 aliphatic heterocycles. The Morgan fingerprint density at radius 2 is 2.23 bits per heavy atom. The fourth-order valence-electron chi connectivity index (χ4n) is 1.63. The van der Waals surface area contributed by atoms with Crippen molar-refractivity contribution in [3.63, 3.8) is 0 Å². The molecule has 0 unspecified atom stereocenters. The van der Waals surface area contributed by atoms with Gasteiger partial charge in [0.05, 0.1) is 17.4 Å². The average molecular weight is 325 g/mol. The fourth-order valence-corrected chi connectivity index (χ4v) is 2.33. The van der Waals surface area contributed by atoms with Gasteiger partial charge in [-0.2, -0.15) is 0 Å². The standard InChI is InChI=1S/C14H16FN3O3S/c1-9(12(19)16-7-8-20-2)22-14-18-17-13(21-14)10-5-3-4-6-11(10)15/h3-6,9H,7-8H2,1-2H3,(H,16,19)/t9-/m0/s1. The van der Waals surface area contributed by atoms with Crippen molar-refractivity contribution in [2.75, 3.05) is 20.3 Å². The molecule has 1 amide bonds. The summed E-state index contributed by atoms with van der Waals surface area (Å²) in [6.07, 6.45) is 0. The van der Waals surface area contributed by atoms with Crippen LogP contribution in [0.25, 0.3) is 11.5 Å². The zero-order chi connectivity index (χ0) is 15.9. The molecule has 118 valence electrons. The number of carbonyl (C=O) groups excluding carboxylic acids is 1. The predicted molar refractivity (Wildman–Crippen MR) is 79.9 cm³/mol. The maximum absolute atomic E-state index is 13.6. The summed E-state index contributed by atoms with van der Waals surface area (Å²) in [6.45, 7) is 2.60. The van der Waals surface area contributed by atoms with Crippen molar-refractivity contribution >= 4 is 17.7 Å². The van der Waals surface area contributed by atoms with Crippen LogP contribution in [-0.4, -0.2) is 41.6 Å². The van der Waals surface area contributed by atoms with Gasteiger partial charge < -0.3 is 14.5 Å². The van der Waals surface area contributed by atoms with Crippen LogP contribution in [0.3, 0.4) is 0 Å². The number of halogens is 1. The topological polar surface area (TPSA) is 77.2 Å². The van der Waals surface area contributed by atoms with Gasteiger partial charge >= 0.3 is 0 Å². The quantitative estimate of drug-likeness (QED) is 0.621. The van der Waals surface area contributed by atoms with Gasteiger partial charge in [-0.25, -0.2) is 4.39 Å². The normalized spacial score (nSPS) is 12.1. The highest BCUT2D eigenvalue weighted by Crippen LogP contribution is 2.27. The highest BCUT2D eigenvalue weighted by atomic mass is 32.2. The molecule has 0 bridgehead atoms. The van der Waals surface area contributed by atoms with Gasteiger partial charge in [0.2, 0.25) is 5.91 Å². The molecule has 22 heavy (non-hydrogen) atoms. The lowest BCUT2D eigenvalue weighted by Crippen LogP contribution is -2.33. The number of hydrogen-bond acceptors (Lipinski definition) is 6. The molecule has 1 aromatic carbocycles. The van der Waals surface area contributed by atoms with Gasteiger partial charge in [-0.3, -0.25) is 4.79 Å². The summed E-state index contributed by atoms with van der Waals surface area (Å²) in [5.41, 5.74) is 0.235. The minimum atomic E-state index is -0.437. The Hall–Kier alpha value is -1.93. The van der Waals surface area contributed by atoms with Crippen LogP contribution in [0.4, 0.5) is 4.39 Å². The van der Waals surface area contributed by atoms with Crippen molar-refractivity contribution in [1.29, 1.82) is 0 Å². The molecule has 2 rings (SSSR count). The molecule has 6 nitrogen and oxygen atoms in total. The summed E-state index contributed by atoms with van der Waals surface area (Å²) in [6, 6.07) is 6.13. The van der Waals surface area contributed by atoms with Crippen molar-refractivity contribution < 1.29 is 18.3 Å². The number of thioether (sulfide) groups is 1. The molecular weight excluding hydrogens is 309 g/mol. The number of benzene rings is 1. The van der Waals surface area contributed by atoms with Crippen LogP contribution in [0.15, 0.2) is 33.9 Å². The first-order valence-electron chi connectivity index (χ1n) is 6.63. The molecule has 1 aromatic heterocycles. The minimum absolute atomic E-state index is 0.0904. The Bertz CT molecular complexity index is 635. The summed E-state index contributed by atoms with van der Waals surface area (Å²) in [5, 5.41) is 10.2. The zero-order valence-electron chi connectivity index (χ0n) is 12.2. The zero-order valence-corrected chi connectivity index (χ0v) is 13.0. The molecule has 1 heterocycles. The van der Waals surface area contributed by atoms with Crippen molar-refractivity contribution in [3.05, 3.63) is 30.1 Å². The van der Waals surface area contributed by atoms with Crippen molar-refractivity contribution in [3.8, 4) is 11.5 Å². The van der Waals surface area contributed by atoms with Gasteiger partial charge in [-0.05, 0) is 19.1 Å². The van der Waals surface area contributed by atoms with Gasteiger partial charge in [0.15, 0.2) is 0 Å². The fraction of sp³-hybridized carbons (Fsp3) is 0.357.